The Hall–Kier alpha value is -3.56. The van der Waals surface area contributed by atoms with Gasteiger partial charge in [0.25, 0.3) is 0 Å². The van der Waals surface area contributed by atoms with Crippen molar-refractivity contribution in [3.63, 3.8) is 0 Å². The second-order valence-electron chi connectivity index (χ2n) is 13.4. The van der Waals surface area contributed by atoms with Crippen molar-refractivity contribution in [1.82, 2.24) is 5.32 Å². The summed E-state index contributed by atoms with van der Waals surface area (Å²) in [5.41, 5.74) is 3.89. The van der Waals surface area contributed by atoms with Gasteiger partial charge in [-0.05, 0) is 16.7 Å². The molecule has 11 atom stereocenters. The van der Waals surface area contributed by atoms with E-state index < -0.39 is 67.6 Å². The molecule has 0 radical (unpaired) electrons. The van der Waals surface area contributed by atoms with Crippen LogP contribution < -0.4 is 5.32 Å². The first-order valence-corrected chi connectivity index (χ1v) is 18.2. The van der Waals surface area contributed by atoms with E-state index in [1.165, 1.54) is 0 Å². The first-order valence-electron chi connectivity index (χ1n) is 18.2. The minimum absolute atomic E-state index is 0.233. The van der Waals surface area contributed by atoms with E-state index in [0.717, 1.165) is 22.3 Å². The molecule has 11 nitrogen and oxygen atoms in total. The molecular weight excluding hydrogens is 678 g/mol. The average molecular weight is 728 g/mol. The Morgan fingerprint density at radius 1 is 0.604 bits per heavy atom. The van der Waals surface area contributed by atoms with Crippen molar-refractivity contribution in [2.24, 2.45) is 0 Å². The van der Waals surface area contributed by atoms with Gasteiger partial charge in [0.05, 0.1) is 32.5 Å². The summed E-state index contributed by atoms with van der Waals surface area (Å²) >= 11 is 0. The highest BCUT2D eigenvalue weighted by Crippen LogP contribution is 2.35. The van der Waals surface area contributed by atoms with E-state index in [0.29, 0.717) is 19.8 Å². The number of nitrogens with one attached hydrogen (secondary N) is 1. The molecule has 0 spiro atoms. The van der Waals surface area contributed by atoms with Crippen LogP contribution in [0.5, 0.6) is 0 Å². The molecule has 2 N–H and O–H groups in total. The maximum atomic E-state index is 11.8. The SMILES string of the molecule is CO[C@H]1O[C@@H]2CO[C@@H](c3ccccc3)O[C@H]2[C@@H](O)[C@@H]1NC[C@H]1O[C@H](OC)[C@@H](OCc2ccccc2)[C@@H](OCc2ccccc2)[C@@H]1OCc1ccccc1. The Kier molecular flexibility index (Phi) is 13.3. The normalized spacial score (nSPS) is 31.5. The number of fused-ring (bicyclic) bond motifs is 1. The van der Waals surface area contributed by atoms with Gasteiger partial charge in [-0.3, -0.25) is 0 Å². The van der Waals surface area contributed by atoms with Gasteiger partial charge in [-0.15, -0.1) is 0 Å². The van der Waals surface area contributed by atoms with Crippen LogP contribution in [0.4, 0.5) is 0 Å². The van der Waals surface area contributed by atoms with Crippen LogP contribution in [0.2, 0.25) is 0 Å². The Morgan fingerprint density at radius 3 is 1.66 bits per heavy atom. The summed E-state index contributed by atoms with van der Waals surface area (Å²) in [7, 11) is 3.15. The highest BCUT2D eigenvalue weighted by atomic mass is 16.7. The lowest BCUT2D eigenvalue weighted by atomic mass is 9.94. The van der Waals surface area contributed by atoms with Gasteiger partial charge in [0.1, 0.15) is 42.7 Å². The molecule has 0 aromatic heterocycles. The summed E-state index contributed by atoms with van der Waals surface area (Å²) in [4.78, 5) is 0. The van der Waals surface area contributed by atoms with Gasteiger partial charge >= 0.3 is 0 Å². The summed E-state index contributed by atoms with van der Waals surface area (Å²) in [6, 6.07) is 38.9. The van der Waals surface area contributed by atoms with Crippen molar-refractivity contribution in [3.05, 3.63) is 144 Å². The van der Waals surface area contributed by atoms with Gasteiger partial charge in [-0.1, -0.05) is 121 Å². The molecule has 4 aromatic carbocycles. The molecule has 0 amide bonds. The highest BCUT2D eigenvalue weighted by molar-refractivity contribution is 5.18. The van der Waals surface area contributed by atoms with E-state index in [-0.39, 0.29) is 13.2 Å². The Bertz CT molecular complexity index is 1640. The second kappa shape index (κ2) is 18.7. The zero-order valence-corrected chi connectivity index (χ0v) is 30.1. The van der Waals surface area contributed by atoms with E-state index in [1.807, 2.05) is 121 Å². The standard InChI is InChI=1S/C42H49NO10/c1-45-41-34(35(44)36-33(52-41)27-50-40(53-36)31-21-13-6-14-22-31)43-23-32-37(47-24-28-15-7-3-8-16-28)38(48-25-29-17-9-4-10-18-29)39(42(46-2)51-32)49-26-30-19-11-5-12-20-30/h3-22,32-44H,23-27H2,1-2H3/t32-,33-,34+,35+,36-,37-,38+,39+,40-,41+,42+/m1/s1. The zero-order chi connectivity index (χ0) is 36.4. The fraction of sp³-hybridized carbons (Fsp3) is 0.429. The molecule has 3 saturated heterocycles. The fourth-order valence-corrected chi connectivity index (χ4v) is 7.14. The molecule has 0 bridgehead atoms. The van der Waals surface area contributed by atoms with Gasteiger partial charge in [0.15, 0.2) is 18.9 Å². The molecule has 0 unspecified atom stereocenters. The average Bonchev–Trinajstić information content (AvgIpc) is 3.22. The van der Waals surface area contributed by atoms with Crippen LogP contribution in [-0.4, -0.2) is 93.8 Å². The number of methoxy groups -OCH3 is 2. The van der Waals surface area contributed by atoms with Crippen LogP contribution in [0.1, 0.15) is 28.5 Å². The van der Waals surface area contributed by atoms with Crippen molar-refractivity contribution < 1.29 is 47.7 Å². The minimum atomic E-state index is -0.994. The second-order valence-corrected chi connectivity index (χ2v) is 13.4. The molecule has 3 aliphatic rings. The molecule has 4 aromatic rings. The number of aliphatic hydroxyl groups is 1. The smallest absolute Gasteiger partial charge is 0.186 e. The third kappa shape index (κ3) is 9.40. The number of rotatable bonds is 15. The number of aliphatic hydroxyl groups excluding tert-OH is 1. The topological polar surface area (TPSA) is 115 Å². The predicted molar refractivity (Wildman–Crippen MR) is 194 cm³/mol. The lowest BCUT2D eigenvalue weighted by Gasteiger charge is -2.49. The molecule has 0 saturated carbocycles. The highest BCUT2D eigenvalue weighted by Gasteiger charge is 2.52. The van der Waals surface area contributed by atoms with E-state index in [1.54, 1.807) is 14.2 Å². The molecule has 282 valence electrons. The van der Waals surface area contributed by atoms with Crippen molar-refractivity contribution in [1.29, 1.82) is 0 Å². The fourth-order valence-electron chi connectivity index (χ4n) is 7.14. The van der Waals surface area contributed by atoms with Gasteiger partial charge in [0.2, 0.25) is 0 Å². The molecule has 0 aliphatic carbocycles. The monoisotopic (exact) mass is 727 g/mol. The molecule has 7 rings (SSSR count). The van der Waals surface area contributed by atoms with Gasteiger partial charge in [-0.2, -0.15) is 0 Å². The lowest BCUT2D eigenvalue weighted by molar-refractivity contribution is -0.343. The Balaban J connectivity index is 1.13. The van der Waals surface area contributed by atoms with Crippen LogP contribution in [0.3, 0.4) is 0 Å². The summed E-state index contributed by atoms with van der Waals surface area (Å²) in [5.74, 6) is 0. The number of hydrogen-bond acceptors (Lipinski definition) is 11. The van der Waals surface area contributed by atoms with Crippen LogP contribution in [0, 0.1) is 0 Å². The van der Waals surface area contributed by atoms with Crippen molar-refractivity contribution in [2.75, 3.05) is 27.4 Å². The van der Waals surface area contributed by atoms with E-state index in [9.17, 15) is 5.11 Å². The zero-order valence-electron chi connectivity index (χ0n) is 30.1. The van der Waals surface area contributed by atoms with Gasteiger partial charge in [-0.25, -0.2) is 0 Å². The van der Waals surface area contributed by atoms with E-state index in [4.69, 9.17) is 42.6 Å². The Morgan fingerprint density at radius 2 is 1.11 bits per heavy atom. The summed E-state index contributed by atoms with van der Waals surface area (Å²) in [6.45, 7) is 1.44. The molecule has 11 heteroatoms. The predicted octanol–water partition coefficient (Wildman–Crippen LogP) is 4.92. The lowest BCUT2D eigenvalue weighted by Crippen LogP contribution is -2.68. The maximum absolute atomic E-state index is 11.8. The minimum Gasteiger partial charge on any atom is -0.388 e. The number of hydrogen-bond donors (Lipinski definition) is 2. The van der Waals surface area contributed by atoms with Crippen molar-refractivity contribution in [3.8, 4) is 0 Å². The molecule has 3 aliphatic heterocycles. The maximum Gasteiger partial charge on any atom is 0.186 e. The number of ether oxygens (including phenoxy) is 9. The third-order valence-corrected chi connectivity index (χ3v) is 9.90. The van der Waals surface area contributed by atoms with Crippen LogP contribution >= 0.6 is 0 Å². The first-order chi connectivity index (χ1) is 26.1. The van der Waals surface area contributed by atoms with Crippen LogP contribution in [-0.2, 0) is 62.5 Å². The quantitative estimate of drug-likeness (QED) is 0.174. The van der Waals surface area contributed by atoms with Crippen LogP contribution in [0.25, 0.3) is 0 Å². The molecular formula is C42H49NO10. The largest absolute Gasteiger partial charge is 0.388 e. The first kappa shape index (κ1) is 37.7. The van der Waals surface area contributed by atoms with E-state index >= 15 is 0 Å². The molecule has 53 heavy (non-hydrogen) atoms. The summed E-state index contributed by atoms with van der Waals surface area (Å²) < 4.78 is 57.0. The molecule has 3 heterocycles. The van der Waals surface area contributed by atoms with Crippen LogP contribution in [0.15, 0.2) is 121 Å². The summed E-state index contributed by atoms with van der Waals surface area (Å²) in [6.07, 6.45) is -6.84. The van der Waals surface area contributed by atoms with Crippen molar-refractivity contribution >= 4 is 0 Å². The van der Waals surface area contributed by atoms with E-state index in [2.05, 4.69) is 5.32 Å². The third-order valence-electron chi connectivity index (χ3n) is 9.90. The van der Waals surface area contributed by atoms with Gasteiger partial charge < -0.3 is 53.1 Å². The number of benzene rings is 4. The molecule has 3 fully saturated rings. The van der Waals surface area contributed by atoms with Crippen molar-refractivity contribution in [2.45, 2.75) is 87.5 Å². The summed E-state index contributed by atoms with van der Waals surface area (Å²) in [5, 5.41) is 15.3. The Labute approximate surface area is 311 Å². The van der Waals surface area contributed by atoms with Gasteiger partial charge in [0, 0.05) is 26.3 Å².